The van der Waals surface area contributed by atoms with Gasteiger partial charge in [0.1, 0.15) is 5.75 Å². The normalized spacial score (nSPS) is 11.7. The van der Waals surface area contributed by atoms with Crippen LogP contribution in [0.2, 0.25) is 0 Å². The summed E-state index contributed by atoms with van der Waals surface area (Å²) in [6, 6.07) is 11.3. The van der Waals surface area contributed by atoms with Crippen LogP contribution in [0.4, 0.5) is 0 Å². The van der Waals surface area contributed by atoms with Crippen LogP contribution in [0, 0.1) is 0 Å². The van der Waals surface area contributed by atoms with Crippen molar-refractivity contribution in [1.29, 1.82) is 0 Å². The lowest BCUT2D eigenvalue weighted by Crippen LogP contribution is -2.27. The Morgan fingerprint density at radius 1 is 1.33 bits per heavy atom. The molecule has 0 spiro atoms. The average molecular weight is 349 g/mol. The smallest absolute Gasteiger partial charge is 0.223 e. The Morgan fingerprint density at radius 3 is 2.76 bits per heavy atom. The van der Waals surface area contributed by atoms with Crippen LogP contribution in [0.3, 0.4) is 0 Å². The molecular formula is C16H17BrN2O2. The van der Waals surface area contributed by atoms with E-state index in [9.17, 15) is 4.79 Å². The average Bonchev–Trinajstić information content (AvgIpc) is 2.50. The minimum Gasteiger partial charge on any atom is -0.493 e. The third-order valence-corrected chi connectivity index (χ3v) is 3.50. The van der Waals surface area contributed by atoms with Crippen molar-refractivity contribution in [2.24, 2.45) is 0 Å². The summed E-state index contributed by atoms with van der Waals surface area (Å²) in [6.07, 6.45) is 3.79. The number of benzene rings is 1. The molecule has 0 aliphatic heterocycles. The minimum atomic E-state index is -0.0566. The number of rotatable bonds is 6. The summed E-state index contributed by atoms with van der Waals surface area (Å²) >= 11 is 3.36. The summed E-state index contributed by atoms with van der Waals surface area (Å²) in [4.78, 5) is 15.9. The van der Waals surface area contributed by atoms with Crippen molar-refractivity contribution in [2.75, 3.05) is 6.61 Å². The van der Waals surface area contributed by atoms with Crippen molar-refractivity contribution in [3.63, 3.8) is 0 Å². The molecule has 1 N–H and O–H groups in total. The molecule has 0 saturated carbocycles. The van der Waals surface area contributed by atoms with Crippen molar-refractivity contribution in [1.82, 2.24) is 10.3 Å². The highest BCUT2D eigenvalue weighted by molar-refractivity contribution is 9.10. The van der Waals surface area contributed by atoms with Crippen LogP contribution in [0.15, 0.2) is 53.3 Å². The molecule has 0 radical (unpaired) electrons. The molecule has 0 unspecified atom stereocenters. The maximum Gasteiger partial charge on any atom is 0.223 e. The molecule has 0 aliphatic carbocycles. The van der Waals surface area contributed by atoms with Gasteiger partial charge in [0, 0.05) is 16.9 Å². The summed E-state index contributed by atoms with van der Waals surface area (Å²) < 4.78 is 6.52. The van der Waals surface area contributed by atoms with Gasteiger partial charge in [-0.15, -0.1) is 0 Å². The Morgan fingerprint density at radius 2 is 2.10 bits per heavy atom. The highest BCUT2D eigenvalue weighted by atomic mass is 79.9. The predicted octanol–water partition coefficient (Wildman–Crippen LogP) is 3.49. The molecule has 2 aromatic rings. The van der Waals surface area contributed by atoms with Gasteiger partial charge in [-0.05, 0) is 42.8 Å². The second-order valence-corrected chi connectivity index (χ2v) is 5.54. The van der Waals surface area contributed by atoms with E-state index in [0.29, 0.717) is 13.0 Å². The third kappa shape index (κ3) is 5.19. The maximum absolute atomic E-state index is 11.9. The van der Waals surface area contributed by atoms with Crippen LogP contribution in [-0.2, 0) is 4.79 Å². The van der Waals surface area contributed by atoms with Gasteiger partial charge in [0.15, 0.2) is 0 Å². The van der Waals surface area contributed by atoms with Crippen LogP contribution in [0.1, 0.15) is 24.9 Å². The van der Waals surface area contributed by atoms with Crippen molar-refractivity contribution in [3.8, 4) is 5.75 Å². The van der Waals surface area contributed by atoms with Gasteiger partial charge < -0.3 is 10.1 Å². The Hall–Kier alpha value is -1.88. The standard InChI is InChI=1S/C16H17BrN2O2/c1-12(13-3-2-9-18-11-13)19-16(20)8-10-21-15-6-4-14(17)5-7-15/h2-7,9,11-12H,8,10H2,1H3,(H,19,20)/t12-/m0/s1. The second kappa shape index (κ2) is 7.78. The van der Waals surface area contributed by atoms with Crippen molar-refractivity contribution in [3.05, 3.63) is 58.8 Å². The zero-order valence-electron chi connectivity index (χ0n) is 11.8. The molecule has 0 fully saturated rings. The zero-order valence-corrected chi connectivity index (χ0v) is 13.3. The van der Waals surface area contributed by atoms with E-state index in [2.05, 4.69) is 26.2 Å². The number of halogens is 1. The van der Waals surface area contributed by atoms with Crippen molar-refractivity contribution >= 4 is 21.8 Å². The van der Waals surface area contributed by atoms with Crippen LogP contribution in [0.25, 0.3) is 0 Å². The maximum atomic E-state index is 11.9. The number of aromatic nitrogens is 1. The molecule has 2 rings (SSSR count). The largest absolute Gasteiger partial charge is 0.493 e. The van der Waals surface area contributed by atoms with E-state index in [1.165, 1.54) is 0 Å². The Bertz CT molecular complexity index is 573. The van der Waals surface area contributed by atoms with E-state index >= 15 is 0 Å². The molecular weight excluding hydrogens is 332 g/mol. The minimum absolute atomic E-state index is 0.0385. The van der Waals surface area contributed by atoms with E-state index in [4.69, 9.17) is 4.74 Å². The van der Waals surface area contributed by atoms with Crippen LogP contribution in [0.5, 0.6) is 5.75 Å². The van der Waals surface area contributed by atoms with Crippen molar-refractivity contribution < 1.29 is 9.53 Å². The van der Waals surface area contributed by atoms with E-state index in [1.807, 2.05) is 43.3 Å². The predicted molar refractivity (Wildman–Crippen MR) is 85.0 cm³/mol. The van der Waals surface area contributed by atoms with Gasteiger partial charge in [-0.3, -0.25) is 9.78 Å². The second-order valence-electron chi connectivity index (χ2n) is 4.63. The molecule has 4 nitrogen and oxygen atoms in total. The van der Waals surface area contributed by atoms with Gasteiger partial charge in [0.05, 0.1) is 19.1 Å². The summed E-state index contributed by atoms with van der Waals surface area (Å²) in [7, 11) is 0. The molecule has 1 aromatic heterocycles. The molecule has 21 heavy (non-hydrogen) atoms. The van der Waals surface area contributed by atoms with Gasteiger partial charge in [-0.2, -0.15) is 0 Å². The van der Waals surface area contributed by atoms with Crippen molar-refractivity contribution in [2.45, 2.75) is 19.4 Å². The van der Waals surface area contributed by atoms with Gasteiger partial charge in [0.25, 0.3) is 0 Å². The van der Waals surface area contributed by atoms with E-state index in [1.54, 1.807) is 12.4 Å². The molecule has 110 valence electrons. The highest BCUT2D eigenvalue weighted by Gasteiger charge is 2.09. The molecule has 1 atom stereocenters. The number of carbonyl (C=O) groups is 1. The van der Waals surface area contributed by atoms with E-state index in [0.717, 1.165) is 15.8 Å². The number of hydrogen-bond acceptors (Lipinski definition) is 3. The van der Waals surface area contributed by atoms with Gasteiger partial charge in [-0.25, -0.2) is 0 Å². The third-order valence-electron chi connectivity index (χ3n) is 2.97. The first-order valence-corrected chi connectivity index (χ1v) is 7.52. The number of carbonyl (C=O) groups excluding carboxylic acids is 1. The fraction of sp³-hybridized carbons (Fsp3) is 0.250. The monoisotopic (exact) mass is 348 g/mol. The van der Waals surface area contributed by atoms with Crippen LogP contribution < -0.4 is 10.1 Å². The fourth-order valence-electron chi connectivity index (χ4n) is 1.82. The number of amides is 1. The van der Waals surface area contributed by atoms with Crippen LogP contribution in [-0.4, -0.2) is 17.5 Å². The lowest BCUT2D eigenvalue weighted by Gasteiger charge is -2.14. The number of pyridine rings is 1. The summed E-state index contributed by atoms with van der Waals surface area (Å²) in [6.45, 7) is 2.29. The van der Waals surface area contributed by atoms with E-state index < -0.39 is 0 Å². The molecule has 1 heterocycles. The quantitative estimate of drug-likeness (QED) is 0.869. The lowest BCUT2D eigenvalue weighted by molar-refractivity contribution is -0.122. The summed E-state index contributed by atoms with van der Waals surface area (Å²) in [5, 5.41) is 2.93. The molecule has 0 saturated heterocycles. The first-order chi connectivity index (χ1) is 10.1. The van der Waals surface area contributed by atoms with Gasteiger partial charge in [0.2, 0.25) is 5.91 Å². The molecule has 0 bridgehead atoms. The first-order valence-electron chi connectivity index (χ1n) is 6.73. The SMILES string of the molecule is C[C@H](NC(=O)CCOc1ccc(Br)cc1)c1cccnc1. The highest BCUT2D eigenvalue weighted by Crippen LogP contribution is 2.16. The molecule has 5 heteroatoms. The lowest BCUT2D eigenvalue weighted by atomic mass is 10.1. The molecule has 1 amide bonds. The Balaban J connectivity index is 1.73. The number of hydrogen-bond donors (Lipinski definition) is 1. The summed E-state index contributed by atoms with van der Waals surface area (Å²) in [5.41, 5.74) is 0.986. The molecule has 0 aliphatic rings. The Labute approximate surface area is 132 Å². The first kappa shape index (κ1) is 15.5. The van der Waals surface area contributed by atoms with Crippen LogP contribution >= 0.6 is 15.9 Å². The number of nitrogens with zero attached hydrogens (tertiary/aromatic N) is 1. The van der Waals surface area contributed by atoms with E-state index in [-0.39, 0.29) is 11.9 Å². The Kier molecular flexibility index (Phi) is 5.75. The number of ether oxygens (including phenoxy) is 1. The van der Waals surface area contributed by atoms with Gasteiger partial charge in [-0.1, -0.05) is 22.0 Å². The summed E-state index contributed by atoms with van der Waals surface area (Å²) in [5.74, 6) is 0.717. The topological polar surface area (TPSA) is 51.2 Å². The van der Waals surface area contributed by atoms with Gasteiger partial charge >= 0.3 is 0 Å². The number of nitrogens with one attached hydrogen (secondary N) is 1. The molecule has 1 aromatic carbocycles. The fourth-order valence-corrected chi connectivity index (χ4v) is 2.09. The zero-order chi connectivity index (χ0) is 15.1.